The van der Waals surface area contributed by atoms with E-state index in [1.165, 1.54) is 4.52 Å². The van der Waals surface area contributed by atoms with Crippen LogP contribution in [0.4, 0.5) is 0 Å². The zero-order valence-electron chi connectivity index (χ0n) is 19.6. The predicted molar refractivity (Wildman–Crippen MR) is 127 cm³/mol. The molecule has 1 N–H and O–H groups in total. The van der Waals surface area contributed by atoms with Crippen molar-refractivity contribution < 1.29 is 14.5 Å². The summed E-state index contributed by atoms with van der Waals surface area (Å²) in [6.07, 6.45) is 3.43. The summed E-state index contributed by atoms with van der Waals surface area (Å²) in [5, 5.41) is 5.11. The Labute approximate surface area is 197 Å². The first-order chi connectivity index (χ1) is 16.7. The van der Waals surface area contributed by atoms with Gasteiger partial charge >= 0.3 is 5.69 Å². The van der Waals surface area contributed by atoms with Gasteiger partial charge in [-0.1, -0.05) is 12.1 Å². The number of benzene rings is 1. The van der Waals surface area contributed by atoms with Gasteiger partial charge in [0.15, 0.2) is 5.65 Å². The molecule has 4 heterocycles. The molecule has 0 atom stereocenters. The molecule has 34 heavy (non-hydrogen) atoms. The molecule has 0 spiro atoms. The van der Waals surface area contributed by atoms with Gasteiger partial charge in [0.25, 0.3) is 12.0 Å². The number of hydrogen-bond acceptors (Lipinski definition) is 7. The Hall–Kier alpha value is -3.34. The fraction of sp³-hybridized carbons (Fsp3) is 0.417. The van der Waals surface area contributed by atoms with Crippen LogP contribution < -0.4 is 15.4 Å². The largest absolute Gasteiger partial charge is 0.497 e. The molecule has 0 radical (unpaired) electrons. The van der Waals surface area contributed by atoms with Crippen LogP contribution >= 0.6 is 0 Å². The van der Waals surface area contributed by atoms with Gasteiger partial charge in [-0.05, 0) is 33.8 Å². The Bertz CT molecular complexity index is 1320. The summed E-state index contributed by atoms with van der Waals surface area (Å²) in [6.45, 7) is 7.04. The maximum atomic E-state index is 13.2. The van der Waals surface area contributed by atoms with Gasteiger partial charge < -0.3 is 9.47 Å². The van der Waals surface area contributed by atoms with Crippen LogP contribution in [0.3, 0.4) is 0 Å². The number of methoxy groups -OCH3 is 2. The van der Waals surface area contributed by atoms with E-state index in [4.69, 9.17) is 14.5 Å². The fourth-order valence-electron chi connectivity index (χ4n) is 4.49. The average Bonchev–Trinajstić information content (AvgIpc) is 3.37. The van der Waals surface area contributed by atoms with Gasteiger partial charge in [-0.15, -0.1) is 0 Å². The number of ether oxygens (including phenoxy) is 2. The van der Waals surface area contributed by atoms with Crippen LogP contribution in [-0.2, 0) is 17.8 Å². The van der Waals surface area contributed by atoms with Crippen molar-refractivity contribution >= 4 is 16.7 Å². The van der Waals surface area contributed by atoms with Crippen LogP contribution in [0.2, 0.25) is 0 Å². The fourth-order valence-corrected chi connectivity index (χ4v) is 4.49. The van der Waals surface area contributed by atoms with Crippen LogP contribution in [0.5, 0.6) is 5.75 Å². The highest BCUT2D eigenvalue weighted by molar-refractivity contribution is 5.87. The van der Waals surface area contributed by atoms with Gasteiger partial charge in [0.2, 0.25) is 0 Å². The summed E-state index contributed by atoms with van der Waals surface area (Å²) in [4.78, 5) is 25.9. The summed E-state index contributed by atoms with van der Waals surface area (Å²) in [5.41, 5.74) is 3.16. The first-order valence-electron chi connectivity index (χ1n) is 11.5. The SMILES string of the molecule is COCCN1CCN(Cc2cnc3c(c2)c2[nH+]cnn2c(=O)n3Cc2ccc(OC)cc2)CC1. The Balaban J connectivity index is 1.43. The highest BCUT2D eigenvalue weighted by Gasteiger charge is 2.21. The zero-order valence-corrected chi connectivity index (χ0v) is 19.6. The van der Waals surface area contributed by atoms with Crippen molar-refractivity contribution in [2.75, 3.05) is 53.6 Å². The maximum absolute atomic E-state index is 13.2. The minimum atomic E-state index is -0.230. The lowest BCUT2D eigenvalue weighted by atomic mass is 10.2. The molecule has 1 aromatic carbocycles. The van der Waals surface area contributed by atoms with Crippen molar-refractivity contribution in [2.45, 2.75) is 13.1 Å². The van der Waals surface area contributed by atoms with Crippen molar-refractivity contribution in [1.82, 2.24) is 29.0 Å². The average molecular weight is 465 g/mol. The lowest BCUT2D eigenvalue weighted by molar-refractivity contribution is -0.345. The van der Waals surface area contributed by atoms with Crippen LogP contribution in [-0.4, -0.2) is 82.5 Å². The molecular formula is C24H30N7O3+. The van der Waals surface area contributed by atoms with Gasteiger partial charge in [-0.3, -0.25) is 14.4 Å². The molecule has 0 amide bonds. The van der Waals surface area contributed by atoms with Crippen molar-refractivity contribution in [3.8, 4) is 5.75 Å². The molecule has 0 saturated carbocycles. The number of aromatic amines is 1. The smallest absolute Gasteiger partial charge is 0.425 e. The highest BCUT2D eigenvalue weighted by atomic mass is 16.5. The molecule has 1 aliphatic heterocycles. The number of pyridine rings is 1. The normalized spacial score (nSPS) is 15.4. The second-order valence-corrected chi connectivity index (χ2v) is 8.59. The molecule has 0 bridgehead atoms. The van der Waals surface area contributed by atoms with Crippen molar-refractivity contribution in [1.29, 1.82) is 0 Å². The molecule has 0 unspecified atom stereocenters. The highest BCUT2D eigenvalue weighted by Crippen LogP contribution is 2.19. The minimum Gasteiger partial charge on any atom is -0.497 e. The first-order valence-corrected chi connectivity index (χ1v) is 11.5. The van der Waals surface area contributed by atoms with Crippen LogP contribution in [0.25, 0.3) is 16.7 Å². The van der Waals surface area contributed by atoms with E-state index in [2.05, 4.69) is 25.9 Å². The summed E-state index contributed by atoms with van der Waals surface area (Å²) >= 11 is 0. The monoisotopic (exact) mass is 464 g/mol. The lowest BCUT2D eigenvalue weighted by Gasteiger charge is -2.34. The molecule has 3 aromatic heterocycles. The van der Waals surface area contributed by atoms with E-state index in [1.54, 1.807) is 25.1 Å². The molecule has 10 nitrogen and oxygen atoms in total. The van der Waals surface area contributed by atoms with E-state index in [-0.39, 0.29) is 5.69 Å². The Morgan fingerprint density at radius 3 is 2.50 bits per heavy atom. The Morgan fingerprint density at radius 1 is 1.00 bits per heavy atom. The number of nitrogens with one attached hydrogen (secondary N) is 1. The van der Waals surface area contributed by atoms with E-state index < -0.39 is 0 Å². The zero-order chi connectivity index (χ0) is 23.5. The molecule has 0 aliphatic carbocycles. The minimum absolute atomic E-state index is 0.230. The molecule has 178 valence electrons. The van der Waals surface area contributed by atoms with Gasteiger partial charge in [-0.2, -0.15) is 0 Å². The summed E-state index contributed by atoms with van der Waals surface area (Å²) in [5.74, 6) is 0.778. The Morgan fingerprint density at radius 2 is 1.76 bits per heavy atom. The third kappa shape index (κ3) is 4.52. The predicted octanol–water partition coefficient (Wildman–Crippen LogP) is 0.679. The molecule has 10 heteroatoms. The number of rotatable bonds is 8. The molecule has 5 rings (SSSR count). The molecule has 4 aromatic rings. The van der Waals surface area contributed by atoms with Crippen LogP contribution in [0, 0.1) is 0 Å². The van der Waals surface area contributed by atoms with E-state index in [0.29, 0.717) is 17.8 Å². The summed E-state index contributed by atoms with van der Waals surface area (Å²) < 4.78 is 13.5. The van der Waals surface area contributed by atoms with Gasteiger partial charge in [0.1, 0.15) is 5.75 Å². The van der Waals surface area contributed by atoms with Crippen molar-refractivity contribution in [3.63, 3.8) is 0 Å². The van der Waals surface area contributed by atoms with Gasteiger partial charge in [0.05, 0.1) is 25.6 Å². The van der Waals surface area contributed by atoms with E-state index in [1.807, 2.05) is 30.5 Å². The number of piperazine rings is 1. The van der Waals surface area contributed by atoms with E-state index in [9.17, 15) is 4.79 Å². The molecule has 1 aliphatic rings. The number of hydrogen-bond donors (Lipinski definition) is 0. The molecule has 1 saturated heterocycles. The molecule has 1 fully saturated rings. The lowest BCUT2D eigenvalue weighted by Crippen LogP contribution is -2.46. The van der Waals surface area contributed by atoms with Crippen LogP contribution in [0.1, 0.15) is 11.1 Å². The maximum Gasteiger partial charge on any atom is 0.425 e. The van der Waals surface area contributed by atoms with Crippen molar-refractivity contribution in [3.05, 3.63) is 64.5 Å². The summed E-state index contributed by atoms with van der Waals surface area (Å²) in [6, 6.07) is 9.82. The quantitative estimate of drug-likeness (QED) is 0.379. The number of fused-ring (bicyclic) bond motifs is 3. The standard InChI is InChI=1S/C24H29N7O3/c1-33-12-11-28-7-9-29(10-8-28)15-19-13-21-22(25-14-19)30(24(32)31-23(21)26-17-27-31)16-18-3-5-20(34-2)6-4-18/h3-6,13-14,17H,7-12,15-16H2,1-2H3/p+1. The Kier molecular flexibility index (Phi) is 6.52. The number of nitrogens with zero attached hydrogens (tertiary/aromatic N) is 6. The second kappa shape index (κ2) is 9.88. The summed E-state index contributed by atoms with van der Waals surface area (Å²) in [7, 11) is 3.38. The third-order valence-electron chi connectivity index (χ3n) is 6.41. The third-order valence-corrected chi connectivity index (χ3v) is 6.41. The van der Waals surface area contributed by atoms with E-state index >= 15 is 0 Å². The van der Waals surface area contributed by atoms with Gasteiger partial charge in [-0.25, -0.2) is 14.8 Å². The van der Waals surface area contributed by atoms with Crippen molar-refractivity contribution in [2.24, 2.45) is 0 Å². The van der Waals surface area contributed by atoms with E-state index in [0.717, 1.165) is 68.1 Å². The first kappa shape index (κ1) is 22.5. The molecular weight excluding hydrogens is 434 g/mol. The number of H-pyrrole nitrogens is 1. The van der Waals surface area contributed by atoms with Crippen LogP contribution in [0.15, 0.2) is 47.7 Å². The second-order valence-electron chi connectivity index (χ2n) is 8.59. The van der Waals surface area contributed by atoms with Gasteiger partial charge in [0, 0.05) is 57.7 Å². The topological polar surface area (TPSA) is 91.3 Å². The number of aromatic nitrogens is 5.